The highest BCUT2D eigenvalue weighted by molar-refractivity contribution is 5.95. The average Bonchev–Trinajstić information content (AvgIpc) is 2.78. The zero-order chi connectivity index (χ0) is 15.3. The molecule has 0 aliphatic heterocycles. The van der Waals surface area contributed by atoms with Gasteiger partial charge in [0.2, 0.25) is 0 Å². The van der Waals surface area contributed by atoms with Gasteiger partial charge in [0, 0.05) is 5.56 Å². The van der Waals surface area contributed by atoms with Crippen LogP contribution < -0.4 is 5.73 Å². The van der Waals surface area contributed by atoms with E-state index in [4.69, 9.17) is 15.9 Å². The van der Waals surface area contributed by atoms with E-state index in [1.54, 1.807) is 0 Å². The third-order valence-electron chi connectivity index (χ3n) is 6.40. The fourth-order valence-electron chi connectivity index (χ4n) is 4.41. The molecule has 0 radical (unpaired) electrons. The van der Waals surface area contributed by atoms with E-state index in [9.17, 15) is 0 Å². The lowest BCUT2D eigenvalue weighted by molar-refractivity contribution is -0.0550. The summed E-state index contributed by atoms with van der Waals surface area (Å²) in [5.74, 6) is 0.918. The molecule has 2 aliphatic carbocycles. The van der Waals surface area contributed by atoms with E-state index in [1.165, 1.54) is 19.3 Å². The van der Waals surface area contributed by atoms with Crippen LogP contribution in [0.4, 0.5) is 0 Å². The quantitative estimate of drug-likeness (QED) is 0.655. The molecule has 1 aromatic rings. The summed E-state index contributed by atoms with van der Waals surface area (Å²) in [6, 6.07) is 7.83. The molecule has 2 bridgehead atoms. The molecule has 3 heteroatoms. The lowest BCUT2D eigenvalue weighted by Crippen LogP contribution is -2.37. The molecule has 2 aliphatic rings. The Balaban J connectivity index is 1.69. The zero-order valence-electron chi connectivity index (χ0n) is 13.3. The van der Waals surface area contributed by atoms with Crippen LogP contribution in [0.5, 0.6) is 0 Å². The number of amidine groups is 1. The predicted octanol–water partition coefficient (Wildman–Crippen LogP) is 3.70. The molecule has 114 valence electrons. The maximum absolute atomic E-state index is 7.52. The van der Waals surface area contributed by atoms with Crippen molar-refractivity contribution in [3.05, 3.63) is 35.4 Å². The minimum absolute atomic E-state index is 0.116. The smallest absolute Gasteiger partial charge is 0.122 e. The number of hydrogen-bond donors (Lipinski definition) is 2. The molecule has 0 aromatic heterocycles. The van der Waals surface area contributed by atoms with Gasteiger partial charge in [0.15, 0.2) is 0 Å². The second kappa shape index (κ2) is 4.84. The van der Waals surface area contributed by atoms with Gasteiger partial charge < -0.3 is 10.5 Å². The molecule has 21 heavy (non-hydrogen) atoms. The first-order valence-electron chi connectivity index (χ1n) is 7.89. The Labute approximate surface area is 127 Å². The summed E-state index contributed by atoms with van der Waals surface area (Å²) in [4.78, 5) is 0. The number of hydrogen-bond acceptors (Lipinski definition) is 2. The third kappa shape index (κ3) is 2.18. The minimum atomic E-state index is 0.116. The Morgan fingerprint density at radius 1 is 1.38 bits per heavy atom. The number of nitrogen functional groups attached to an aromatic ring is 1. The monoisotopic (exact) mass is 286 g/mol. The van der Waals surface area contributed by atoms with Gasteiger partial charge in [-0.3, -0.25) is 5.41 Å². The molecular weight excluding hydrogens is 260 g/mol. The molecule has 0 spiro atoms. The van der Waals surface area contributed by atoms with Gasteiger partial charge in [-0.15, -0.1) is 0 Å². The molecule has 3 rings (SSSR count). The first kappa shape index (κ1) is 14.6. The van der Waals surface area contributed by atoms with E-state index in [2.05, 4.69) is 20.8 Å². The summed E-state index contributed by atoms with van der Waals surface area (Å²) in [5.41, 5.74) is 8.12. The number of nitrogens with two attached hydrogens (primary N) is 1. The number of fused-ring (bicyclic) bond motifs is 2. The normalized spacial score (nSPS) is 33.3. The molecule has 0 saturated heterocycles. The van der Waals surface area contributed by atoms with Crippen LogP contribution in [-0.2, 0) is 11.3 Å². The topological polar surface area (TPSA) is 59.1 Å². The minimum Gasteiger partial charge on any atom is -0.384 e. The predicted molar refractivity (Wildman–Crippen MR) is 85.3 cm³/mol. The van der Waals surface area contributed by atoms with Crippen molar-refractivity contribution >= 4 is 5.84 Å². The Kier molecular flexibility index (Phi) is 3.36. The lowest BCUT2D eigenvalue weighted by atomic mass is 9.70. The standard InChI is InChI=1S/C18H26N2O/c1-17(2)14-7-8-18(17,3)15(10-14)21-11-12-5-4-6-13(9-12)16(19)20/h4-6,9,14-15H,7-8,10-11H2,1-3H3,(H3,19,20). The number of rotatable bonds is 4. The van der Waals surface area contributed by atoms with E-state index in [-0.39, 0.29) is 5.84 Å². The first-order chi connectivity index (χ1) is 9.84. The van der Waals surface area contributed by atoms with Crippen LogP contribution in [0.3, 0.4) is 0 Å². The summed E-state index contributed by atoms with van der Waals surface area (Å²) in [7, 11) is 0. The fraction of sp³-hybridized carbons (Fsp3) is 0.611. The van der Waals surface area contributed by atoms with Crippen molar-refractivity contribution in [3.8, 4) is 0 Å². The van der Waals surface area contributed by atoms with Crippen molar-refractivity contribution in [1.29, 1.82) is 5.41 Å². The molecule has 2 fully saturated rings. The first-order valence-corrected chi connectivity index (χ1v) is 7.89. The van der Waals surface area contributed by atoms with Gasteiger partial charge in [0.1, 0.15) is 5.84 Å². The van der Waals surface area contributed by atoms with Crippen LogP contribution in [0.15, 0.2) is 24.3 Å². The molecule has 2 saturated carbocycles. The highest BCUT2D eigenvalue weighted by Crippen LogP contribution is 2.66. The second-order valence-electron chi connectivity index (χ2n) is 7.52. The van der Waals surface area contributed by atoms with Crippen molar-refractivity contribution in [2.24, 2.45) is 22.5 Å². The Morgan fingerprint density at radius 3 is 2.71 bits per heavy atom. The van der Waals surface area contributed by atoms with Gasteiger partial charge in [0.25, 0.3) is 0 Å². The molecular formula is C18H26N2O. The van der Waals surface area contributed by atoms with Crippen LogP contribution in [0.25, 0.3) is 0 Å². The molecule has 3 unspecified atom stereocenters. The lowest BCUT2D eigenvalue weighted by Gasteiger charge is -2.39. The van der Waals surface area contributed by atoms with Gasteiger partial charge in [-0.2, -0.15) is 0 Å². The van der Waals surface area contributed by atoms with E-state index < -0.39 is 0 Å². The maximum atomic E-state index is 7.52. The summed E-state index contributed by atoms with van der Waals surface area (Å²) in [5, 5.41) is 7.52. The summed E-state index contributed by atoms with van der Waals surface area (Å²) in [6.07, 6.45) is 4.18. The van der Waals surface area contributed by atoms with Crippen molar-refractivity contribution in [2.45, 2.75) is 52.7 Å². The van der Waals surface area contributed by atoms with Gasteiger partial charge in [-0.25, -0.2) is 0 Å². The Morgan fingerprint density at radius 2 is 2.14 bits per heavy atom. The van der Waals surface area contributed by atoms with Crippen LogP contribution in [-0.4, -0.2) is 11.9 Å². The van der Waals surface area contributed by atoms with Gasteiger partial charge in [0.05, 0.1) is 12.7 Å². The number of ether oxygens (including phenoxy) is 1. The average molecular weight is 286 g/mol. The number of nitrogens with one attached hydrogen (secondary N) is 1. The number of benzene rings is 1. The van der Waals surface area contributed by atoms with Gasteiger partial charge >= 0.3 is 0 Å². The zero-order valence-corrected chi connectivity index (χ0v) is 13.3. The summed E-state index contributed by atoms with van der Waals surface area (Å²) in [6.45, 7) is 7.83. The molecule has 0 amide bonds. The highest BCUT2D eigenvalue weighted by Gasteiger charge is 2.61. The SMILES string of the molecule is CC1(C)C2CCC1(C)C(OCc1cccc(C(=N)N)c1)C2. The van der Waals surface area contributed by atoms with Crippen LogP contribution in [0.2, 0.25) is 0 Å². The van der Waals surface area contributed by atoms with E-state index in [0.717, 1.165) is 17.0 Å². The fourth-order valence-corrected chi connectivity index (χ4v) is 4.41. The van der Waals surface area contributed by atoms with Crippen molar-refractivity contribution in [2.75, 3.05) is 0 Å². The molecule has 3 N–H and O–H groups in total. The maximum Gasteiger partial charge on any atom is 0.122 e. The van der Waals surface area contributed by atoms with E-state index in [0.29, 0.717) is 23.5 Å². The second-order valence-corrected chi connectivity index (χ2v) is 7.52. The Hall–Kier alpha value is -1.35. The van der Waals surface area contributed by atoms with Gasteiger partial charge in [-0.1, -0.05) is 39.0 Å². The largest absolute Gasteiger partial charge is 0.384 e. The van der Waals surface area contributed by atoms with Crippen molar-refractivity contribution in [1.82, 2.24) is 0 Å². The molecule has 0 heterocycles. The summed E-state index contributed by atoms with van der Waals surface area (Å²) >= 11 is 0. The molecule has 3 nitrogen and oxygen atoms in total. The van der Waals surface area contributed by atoms with Crippen molar-refractivity contribution < 1.29 is 4.74 Å². The van der Waals surface area contributed by atoms with Crippen molar-refractivity contribution in [3.63, 3.8) is 0 Å². The van der Waals surface area contributed by atoms with Crippen LogP contribution >= 0.6 is 0 Å². The van der Waals surface area contributed by atoms with Gasteiger partial charge in [-0.05, 0) is 47.6 Å². The van der Waals surface area contributed by atoms with Crippen LogP contribution in [0, 0.1) is 22.2 Å². The molecule has 3 atom stereocenters. The summed E-state index contributed by atoms with van der Waals surface area (Å²) < 4.78 is 6.28. The highest BCUT2D eigenvalue weighted by atomic mass is 16.5. The third-order valence-corrected chi connectivity index (χ3v) is 6.40. The van der Waals surface area contributed by atoms with E-state index >= 15 is 0 Å². The van der Waals surface area contributed by atoms with Crippen LogP contribution in [0.1, 0.15) is 51.2 Å². The Bertz CT molecular complexity index is 566. The molecule has 1 aromatic carbocycles. The van der Waals surface area contributed by atoms with E-state index in [1.807, 2.05) is 24.3 Å².